The molecule has 0 unspecified atom stereocenters. The van der Waals surface area contributed by atoms with Crippen molar-refractivity contribution in [3.8, 4) is 5.75 Å². The Morgan fingerprint density at radius 1 is 1.10 bits per heavy atom. The summed E-state index contributed by atoms with van der Waals surface area (Å²) >= 11 is 0. The number of aryl methyl sites for hydroxylation is 2. The van der Waals surface area contributed by atoms with Crippen LogP contribution in [0.3, 0.4) is 0 Å². The van der Waals surface area contributed by atoms with E-state index >= 15 is 4.39 Å². The van der Waals surface area contributed by atoms with Gasteiger partial charge in [-0.05, 0) is 55.3 Å². The molecule has 1 fully saturated rings. The number of piperidine rings is 1. The Hall–Kier alpha value is -2.93. The zero-order chi connectivity index (χ0) is 22.4. The largest absolute Gasteiger partial charge is 0.492 e. The van der Waals surface area contributed by atoms with E-state index in [2.05, 4.69) is 5.32 Å². The van der Waals surface area contributed by atoms with E-state index in [4.69, 9.17) is 10.5 Å². The fraction of sp³-hybridized carbons (Fsp3) is 0.417. The summed E-state index contributed by atoms with van der Waals surface area (Å²) in [6, 6.07) is 12.3. The lowest BCUT2D eigenvalue weighted by Gasteiger charge is -2.36. The van der Waals surface area contributed by atoms with E-state index in [1.165, 1.54) is 0 Å². The lowest BCUT2D eigenvalue weighted by atomic mass is 9.92. The number of alkyl halides is 1. The van der Waals surface area contributed by atoms with Crippen LogP contribution in [0.4, 0.5) is 4.39 Å². The molecule has 0 spiro atoms. The Kier molecular flexibility index (Phi) is 7.28. The third-order valence-corrected chi connectivity index (χ3v) is 5.81. The molecule has 6 nitrogen and oxygen atoms in total. The van der Waals surface area contributed by atoms with Gasteiger partial charge in [-0.25, -0.2) is 4.39 Å². The number of primary amides is 1. The molecule has 7 heteroatoms. The van der Waals surface area contributed by atoms with E-state index in [0.29, 0.717) is 56.0 Å². The first-order chi connectivity index (χ1) is 14.8. The molecule has 0 bridgehead atoms. The molecule has 0 atom stereocenters. The first-order valence-corrected chi connectivity index (χ1v) is 10.6. The molecule has 2 amide bonds. The van der Waals surface area contributed by atoms with Gasteiger partial charge in [0.2, 0.25) is 5.91 Å². The molecule has 2 aromatic rings. The summed E-state index contributed by atoms with van der Waals surface area (Å²) in [7, 11) is 0. The number of amides is 2. The van der Waals surface area contributed by atoms with Crippen LogP contribution < -0.4 is 15.8 Å². The summed E-state index contributed by atoms with van der Waals surface area (Å²) < 4.78 is 20.7. The first-order valence-electron chi connectivity index (χ1n) is 10.6. The summed E-state index contributed by atoms with van der Waals surface area (Å²) in [5, 5.41) is 3.10. The number of likely N-dealkylation sites (tertiary alicyclic amines) is 1. The maximum atomic E-state index is 15.1. The van der Waals surface area contributed by atoms with Crippen molar-refractivity contribution in [2.75, 3.05) is 32.8 Å². The predicted molar refractivity (Wildman–Crippen MR) is 118 cm³/mol. The molecule has 1 aliphatic heterocycles. The van der Waals surface area contributed by atoms with Crippen LogP contribution >= 0.6 is 0 Å². The zero-order valence-corrected chi connectivity index (χ0v) is 18.1. The molecule has 3 rings (SSSR count). The highest BCUT2D eigenvalue weighted by Gasteiger charge is 2.35. The van der Waals surface area contributed by atoms with Crippen LogP contribution in [-0.2, 0) is 0 Å². The topological polar surface area (TPSA) is 84.7 Å². The van der Waals surface area contributed by atoms with E-state index in [1.807, 2.05) is 32.0 Å². The van der Waals surface area contributed by atoms with Gasteiger partial charge >= 0.3 is 0 Å². The molecular weight excluding hydrogens is 397 g/mol. The van der Waals surface area contributed by atoms with Crippen molar-refractivity contribution < 1.29 is 18.7 Å². The third kappa shape index (κ3) is 6.04. The van der Waals surface area contributed by atoms with Crippen LogP contribution in [0.25, 0.3) is 0 Å². The van der Waals surface area contributed by atoms with Gasteiger partial charge in [0.05, 0.1) is 0 Å². The normalized spacial score (nSPS) is 15.5. The molecule has 0 radical (unpaired) electrons. The van der Waals surface area contributed by atoms with Crippen molar-refractivity contribution in [2.24, 2.45) is 5.73 Å². The lowest BCUT2D eigenvalue weighted by molar-refractivity contribution is 0.0433. The van der Waals surface area contributed by atoms with E-state index in [-0.39, 0.29) is 12.5 Å². The molecule has 1 saturated heterocycles. The van der Waals surface area contributed by atoms with Gasteiger partial charge in [0.25, 0.3) is 5.91 Å². The minimum absolute atomic E-state index is 0.0373. The van der Waals surface area contributed by atoms with Gasteiger partial charge in [0.1, 0.15) is 18.0 Å². The summed E-state index contributed by atoms with van der Waals surface area (Å²) in [6.45, 7) is 5.83. The Morgan fingerprint density at radius 2 is 1.84 bits per heavy atom. The molecule has 0 aromatic heterocycles. The van der Waals surface area contributed by atoms with Crippen LogP contribution in [0.5, 0.6) is 5.75 Å². The number of benzene rings is 2. The Labute approximate surface area is 182 Å². The molecule has 2 aromatic carbocycles. The number of nitrogens with zero attached hydrogens (tertiary/aromatic N) is 1. The summed E-state index contributed by atoms with van der Waals surface area (Å²) in [6.07, 6.45) is 0.607. The summed E-state index contributed by atoms with van der Waals surface area (Å²) in [5.41, 5.74) is 7.18. The average molecular weight is 428 g/mol. The highest BCUT2D eigenvalue weighted by atomic mass is 19.1. The maximum Gasteiger partial charge on any atom is 0.253 e. The minimum Gasteiger partial charge on any atom is -0.492 e. The van der Waals surface area contributed by atoms with Gasteiger partial charge in [-0.1, -0.05) is 12.1 Å². The molecule has 3 N–H and O–H groups in total. The van der Waals surface area contributed by atoms with E-state index in [1.54, 1.807) is 29.2 Å². The highest BCUT2D eigenvalue weighted by molar-refractivity contribution is 5.94. The van der Waals surface area contributed by atoms with E-state index < -0.39 is 11.6 Å². The number of carbonyl (C=O) groups is 2. The number of rotatable bonds is 8. The number of hydrogen-bond acceptors (Lipinski definition) is 4. The van der Waals surface area contributed by atoms with Gasteiger partial charge in [-0.3, -0.25) is 9.59 Å². The number of carbonyl (C=O) groups excluding carboxylic acids is 2. The Bertz CT molecular complexity index is 939. The fourth-order valence-electron chi connectivity index (χ4n) is 3.64. The van der Waals surface area contributed by atoms with Crippen molar-refractivity contribution in [3.05, 3.63) is 64.7 Å². The van der Waals surface area contributed by atoms with Gasteiger partial charge in [0.15, 0.2) is 0 Å². The predicted octanol–water partition coefficient (Wildman–Crippen LogP) is 3.02. The number of nitrogens with two attached hydrogens (primary N) is 1. The second kappa shape index (κ2) is 9.92. The van der Waals surface area contributed by atoms with Gasteiger partial charge in [0, 0.05) is 50.1 Å². The fourth-order valence-corrected chi connectivity index (χ4v) is 3.64. The Balaban J connectivity index is 1.40. The Morgan fingerprint density at radius 3 is 2.52 bits per heavy atom. The van der Waals surface area contributed by atoms with Gasteiger partial charge in [-0.15, -0.1) is 0 Å². The van der Waals surface area contributed by atoms with Crippen LogP contribution in [-0.4, -0.2) is 55.2 Å². The monoisotopic (exact) mass is 427 g/mol. The van der Waals surface area contributed by atoms with Crippen LogP contribution in [0, 0.1) is 13.8 Å². The second-order valence-electron chi connectivity index (χ2n) is 8.16. The maximum absolute atomic E-state index is 15.1. The molecule has 0 saturated carbocycles. The first kappa shape index (κ1) is 22.7. The van der Waals surface area contributed by atoms with Crippen molar-refractivity contribution in [3.63, 3.8) is 0 Å². The standard InChI is InChI=1S/C24H30FN3O3/c1-17-6-7-20(14-18(17)2)23(30)28-11-8-24(25,9-12-28)16-27-10-13-31-21-5-3-4-19(15-21)22(26)29/h3-7,14-15,27H,8-13,16H2,1-2H3,(H2,26,29). The highest BCUT2D eigenvalue weighted by Crippen LogP contribution is 2.27. The average Bonchev–Trinajstić information content (AvgIpc) is 2.75. The van der Waals surface area contributed by atoms with Crippen molar-refractivity contribution in [1.29, 1.82) is 0 Å². The number of ether oxygens (including phenoxy) is 1. The molecule has 1 heterocycles. The summed E-state index contributed by atoms with van der Waals surface area (Å²) in [5.74, 6) is 0.00112. The second-order valence-corrected chi connectivity index (χ2v) is 8.16. The lowest BCUT2D eigenvalue weighted by Crippen LogP contribution is -2.49. The van der Waals surface area contributed by atoms with Crippen molar-refractivity contribution in [1.82, 2.24) is 10.2 Å². The zero-order valence-electron chi connectivity index (χ0n) is 18.1. The van der Waals surface area contributed by atoms with Crippen molar-refractivity contribution in [2.45, 2.75) is 32.4 Å². The van der Waals surface area contributed by atoms with Crippen LogP contribution in [0.15, 0.2) is 42.5 Å². The number of hydrogen-bond donors (Lipinski definition) is 2. The third-order valence-electron chi connectivity index (χ3n) is 5.81. The van der Waals surface area contributed by atoms with Gasteiger partial charge < -0.3 is 20.7 Å². The molecule has 31 heavy (non-hydrogen) atoms. The summed E-state index contributed by atoms with van der Waals surface area (Å²) in [4.78, 5) is 25.7. The van der Waals surface area contributed by atoms with E-state index in [0.717, 1.165) is 11.1 Å². The number of nitrogens with one attached hydrogen (secondary N) is 1. The quantitative estimate of drug-likeness (QED) is 0.635. The minimum atomic E-state index is -1.34. The SMILES string of the molecule is Cc1ccc(C(=O)N2CCC(F)(CNCCOc3cccc(C(N)=O)c3)CC2)cc1C. The molecule has 166 valence electrons. The van der Waals surface area contributed by atoms with E-state index in [9.17, 15) is 9.59 Å². The van der Waals surface area contributed by atoms with Gasteiger partial charge in [-0.2, -0.15) is 0 Å². The number of halogens is 1. The smallest absolute Gasteiger partial charge is 0.253 e. The molecular formula is C24H30FN3O3. The van der Waals surface area contributed by atoms with Crippen LogP contribution in [0.1, 0.15) is 44.7 Å². The molecule has 0 aliphatic carbocycles. The van der Waals surface area contributed by atoms with Crippen LogP contribution in [0.2, 0.25) is 0 Å². The molecule has 1 aliphatic rings. The van der Waals surface area contributed by atoms with Crippen molar-refractivity contribution >= 4 is 11.8 Å².